The molecule has 0 bridgehead atoms. The van der Waals surface area contributed by atoms with Crippen molar-refractivity contribution in [3.63, 3.8) is 0 Å². The Morgan fingerprint density at radius 3 is 2.44 bits per heavy atom. The Bertz CT molecular complexity index is 676. The minimum atomic E-state index is -0.522. The van der Waals surface area contributed by atoms with E-state index in [9.17, 15) is 14.9 Å². The minimum Gasteiger partial charge on any atom is -0.454 e. The summed E-state index contributed by atoms with van der Waals surface area (Å²) in [5.74, 6) is 0.561. The molecule has 0 unspecified atom stereocenters. The van der Waals surface area contributed by atoms with E-state index in [0.29, 0.717) is 17.9 Å². The van der Waals surface area contributed by atoms with Crippen molar-refractivity contribution in [1.82, 2.24) is 5.43 Å². The maximum atomic E-state index is 11.8. The molecule has 0 aromatic heterocycles. The largest absolute Gasteiger partial charge is 0.454 e. The highest BCUT2D eigenvalue weighted by Gasteiger charge is 2.22. The van der Waals surface area contributed by atoms with Crippen LogP contribution in [0.25, 0.3) is 0 Å². The molecule has 1 heterocycles. The third-order valence-electron chi connectivity index (χ3n) is 4.37. The number of nitro benzene ring substituents is 1. The molecule has 8 nitrogen and oxygen atoms in total. The number of rotatable bonds is 12. The number of nitrogens with one attached hydrogen (secondary N) is 1. The first-order valence-electron chi connectivity index (χ1n) is 9.51. The summed E-state index contributed by atoms with van der Waals surface area (Å²) in [5, 5.41) is 15.0. The van der Waals surface area contributed by atoms with Gasteiger partial charge in [0.1, 0.15) is 0 Å². The molecule has 0 spiro atoms. The predicted molar refractivity (Wildman–Crippen MR) is 102 cm³/mol. The molecule has 1 aliphatic rings. The Balaban J connectivity index is 1.72. The van der Waals surface area contributed by atoms with Gasteiger partial charge < -0.3 is 9.47 Å². The number of carbonyl (C=O) groups is 1. The second-order valence-electron chi connectivity index (χ2n) is 6.54. The van der Waals surface area contributed by atoms with Crippen molar-refractivity contribution in [3.05, 3.63) is 27.8 Å². The molecule has 0 saturated heterocycles. The van der Waals surface area contributed by atoms with Gasteiger partial charge in [0.05, 0.1) is 22.8 Å². The van der Waals surface area contributed by atoms with Crippen molar-refractivity contribution in [1.29, 1.82) is 0 Å². The number of unbranched alkanes of at least 4 members (excludes halogenated alkanes) is 7. The summed E-state index contributed by atoms with van der Waals surface area (Å²) < 4.78 is 10.4. The number of ether oxygens (including phenoxy) is 2. The highest BCUT2D eigenvalue weighted by Crippen LogP contribution is 2.37. The van der Waals surface area contributed by atoms with E-state index in [-0.39, 0.29) is 24.0 Å². The fourth-order valence-corrected chi connectivity index (χ4v) is 2.86. The lowest BCUT2D eigenvalue weighted by molar-refractivity contribution is -0.385. The molecule has 0 saturated carbocycles. The van der Waals surface area contributed by atoms with Crippen molar-refractivity contribution < 1.29 is 19.2 Å². The van der Waals surface area contributed by atoms with Crippen LogP contribution in [0.3, 0.4) is 0 Å². The Labute approximate surface area is 159 Å². The van der Waals surface area contributed by atoms with Crippen LogP contribution < -0.4 is 14.9 Å². The number of carbonyl (C=O) groups excluding carboxylic acids is 1. The monoisotopic (exact) mass is 377 g/mol. The van der Waals surface area contributed by atoms with Gasteiger partial charge in [0, 0.05) is 6.42 Å². The average Bonchev–Trinajstić information content (AvgIpc) is 3.10. The number of benzene rings is 1. The van der Waals surface area contributed by atoms with E-state index in [0.717, 1.165) is 19.3 Å². The van der Waals surface area contributed by atoms with Gasteiger partial charge >= 0.3 is 0 Å². The molecule has 148 valence electrons. The fraction of sp³-hybridized carbons (Fsp3) is 0.579. The van der Waals surface area contributed by atoms with Crippen LogP contribution in [0.2, 0.25) is 0 Å². The van der Waals surface area contributed by atoms with Crippen molar-refractivity contribution in [2.24, 2.45) is 5.10 Å². The van der Waals surface area contributed by atoms with Gasteiger partial charge in [-0.05, 0) is 12.5 Å². The van der Waals surface area contributed by atoms with Crippen LogP contribution in [0.1, 0.15) is 70.3 Å². The van der Waals surface area contributed by atoms with Crippen LogP contribution in [0.5, 0.6) is 11.5 Å². The molecule has 0 fully saturated rings. The second-order valence-corrected chi connectivity index (χ2v) is 6.54. The highest BCUT2D eigenvalue weighted by atomic mass is 16.7. The zero-order valence-corrected chi connectivity index (χ0v) is 15.7. The Morgan fingerprint density at radius 2 is 1.78 bits per heavy atom. The van der Waals surface area contributed by atoms with E-state index in [1.54, 1.807) is 0 Å². The van der Waals surface area contributed by atoms with Gasteiger partial charge in [0.25, 0.3) is 5.69 Å². The molecule has 1 amide bonds. The Morgan fingerprint density at radius 1 is 1.15 bits per heavy atom. The normalized spacial score (nSPS) is 12.5. The van der Waals surface area contributed by atoms with Crippen molar-refractivity contribution in [2.45, 2.75) is 64.7 Å². The fourth-order valence-electron chi connectivity index (χ4n) is 2.86. The van der Waals surface area contributed by atoms with Crippen LogP contribution in [-0.2, 0) is 4.79 Å². The smallest absolute Gasteiger partial charge is 0.282 e. The predicted octanol–water partition coefficient (Wildman–Crippen LogP) is 4.30. The Kier molecular flexibility index (Phi) is 8.54. The van der Waals surface area contributed by atoms with Gasteiger partial charge in [0.2, 0.25) is 12.7 Å². The molecule has 27 heavy (non-hydrogen) atoms. The van der Waals surface area contributed by atoms with Crippen LogP contribution in [0.15, 0.2) is 17.2 Å². The summed E-state index contributed by atoms with van der Waals surface area (Å²) in [6, 6.07) is 2.78. The first kappa shape index (κ1) is 20.7. The van der Waals surface area contributed by atoms with Gasteiger partial charge in [-0.15, -0.1) is 0 Å². The van der Waals surface area contributed by atoms with E-state index in [2.05, 4.69) is 17.5 Å². The van der Waals surface area contributed by atoms with Gasteiger partial charge in [-0.25, -0.2) is 5.43 Å². The first-order valence-corrected chi connectivity index (χ1v) is 9.51. The van der Waals surface area contributed by atoms with E-state index in [1.165, 1.54) is 50.5 Å². The number of nitrogens with zero attached hydrogens (tertiary/aromatic N) is 2. The number of nitro groups is 1. The third-order valence-corrected chi connectivity index (χ3v) is 4.37. The molecule has 1 aliphatic heterocycles. The second kappa shape index (κ2) is 11.2. The van der Waals surface area contributed by atoms with Gasteiger partial charge in [-0.1, -0.05) is 51.9 Å². The molecular weight excluding hydrogens is 350 g/mol. The van der Waals surface area contributed by atoms with Gasteiger partial charge in [0.15, 0.2) is 11.5 Å². The first-order chi connectivity index (χ1) is 13.1. The van der Waals surface area contributed by atoms with Crippen molar-refractivity contribution >= 4 is 17.8 Å². The maximum absolute atomic E-state index is 11.8. The topological polar surface area (TPSA) is 103 Å². The number of hydrogen-bond acceptors (Lipinski definition) is 6. The molecule has 1 aromatic carbocycles. The molecule has 2 rings (SSSR count). The molecule has 0 aliphatic carbocycles. The molecule has 1 aromatic rings. The minimum absolute atomic E-state index is 0.0302. The summed E-state index contributed by atoms with van der Waals surface area (Å²) >= 11 is 0. The van der Waals surface area contributed by atoms with E-state index < -0.39 is 4.92 Å². The van der Waals surface area contributed by atoms with Crippen LogP contribution in [0, 0.1) is 10.1 Å². The Hall–Kier alpha value is -2.64. The lowest BCUT2D eigenvalue weighted by Crippen LogP contribution is -2.17. The number of fused-ring (bicyclic) bond motifs is 1. The van der Waals surface area contributed by atoms with Gasteiger partial charge in [-0.2, -0.15) is 5.10 Å². The summed E-state index contributed by atoms with van der Waals surface area (Å²) in [5.41, 5.74) is 2.51. The number of hydrazone groups is 1. The number of amides is 1. The summed E-state index contributed by atoms with van der Waals surface area (Å²) in [6.45, 7) is 2.23. The summed E-state index contributed by atoms with van der Waals surface area (Å²) in [4.78, 5) is 22.5. The molecule has 0 radical (unpaired) electrons. The quantitative estimate of drug-likeness (QED) is 0.253. The standard InChI is InChI=1S/C19H27N3O5/c1-2-3-4-5-6-7-8-9-10-19(23)21-20-13-15-11-17-18(27-14-26-17)12-16(15)22(24)25/h11-13H,2-10,14H2,1H3,(H,21,23)/b20-13+. The number of hydrogen-bond donors (Lipinski definition) is 1. The van der Waals surface area contributed by atoms with Crippen molar-refractivity contribution in [2.75, 3.05) is 6.79 Å². The van der Waals surface area contributed by atoms with E-state index in [4.69, 9.17) is 9.47 Å². The van der Waals surface area contributed by atoms with Crippen LogP contribution in [-0.4, -0.2) is 23.8 Å². The molecule has 0 atom stereocenters. The molecule has 8 heteroatoms. The summed E-state index contributed by atoms with van der Waals surface area (Å²) in [6.07, 6.45) is 10.9. The van der Waals surface area contributed by atoms with E-state index in [1.807, 2.05) is 0 Å². The third kappa shape index (κ3) is 6.88. The van der Waals surface area contributed by atoms with Crippen LogP contribution >= 0.6 is 0 Å². The van der Waals surface area contributed by atoms with Gasteiger partial charge in [-0.3, -0.25) is 14.9 Å². The zero-order chi connectivity index (χ0) is 19.5. The van der Waals surface area contributed by atoms with E-state index >= 15 is 0 Å². The maximum Gasteiger partial charge on any atom is 0.282 e. The molecule has 1 N–H and O–H groups in total. The lowest BCUT2D eigenvalue weighted by Gasteiger charge is -2.02. The summed E-state index contributed by atoms with van der Waals surface area (Å²) in [7, 11) is 0. The zero-order valence-electron chi connectivity index (χ0n) is 15.7. The highest BCUT2D eigenvalue weighted by molar-refractivity contribution is 5.88. The average molecular weight is 377 g/mol. The van der Waals surface area contributed by atoms with Crippen molar-refractivity contribution in [3.8, 4) is 11.5 Å². The molecular formula is C19H27N3O5. The lowest BCUT2D eigenvalue weighted by atomic mass is 10.1. The SMILES string of the molecule is CCCCCCCCCCC(=O)N/N=C/c1cc2c(cc1[N+](=O)[O-])OCO2. The van der Waals surface area contributed by atoms with Crippen LogP contribution in [0.4, 0.5) is 5.69 Å².